The van der Waals surface area contributed by atoms with Gasteiger partial charge in [0.15, 0.2) is 5.96 Å². The van der Waals surface area contributed by atoms with Crippen molar-refractivity contribution in [2.24, 2.45) is 22.6 Å². The van der Waals surface area contributed by atoms with Crippen molar-refractivity contribution in [1.82, 2.24) is 5.32 Å². The Morgan fingerprint density at radius 3 is 2.67 bits per heavy atom. The molecule has 3 heteroatoms. The smallest absolute Gasteiger partial charge is 0.188 e. The predicted octanol–water partition coefficient (Wildman–Crippen LogP) is 0.955. The van der Waals surface area contributed by atoms with Crippen LogP contribution in [0, 0.1) is 11.8 Å². The van der Waals surface area contributed by atoms with Crippen LogP contribution in [0.3, 0.4) is 0 Å². The lowest BCUT2D eigenvalue weighted by Crippen LogP contribution is -2.39. The van der Waals surface area contributed by atoms with Gasteiger partial charge >= 0.3 is 0 Å². The summed E-state index contributed by atoms with van der Waals surface area (Å²) in [5, 5.41) is 3.19. The third-order valence-corrected chi connectivity index (χ3v) is 2.32. The first-order valence-corrected chi connectivity index (χ1v) is 4.66. The van der Waals surface area contributed by atoms with Gasteiger partial charge in [-0.05, 0) is 18.3 Å². The van der Waals surface area contributed by atoms with E-state index in [1.165, 1.54) is 6.42 Å². The van der Waals surface area contributed by atoms with Gasteiger partial charge in [-0.1, -0.05) is 20.8 Å². The summed E-state index contributed by atoms with van der Waals surface area (Å²) >= 11 is 0. The molecule has 1 heterocycles. The Morgan fingerprint density at radius 1 is 1.58 bits per heavy atom. The molecule has 0 spiro atoms. The second-order valence-corrected chi connectivity index (χ2v) is 4.08. The molecule has 2 unspecified atom stereocenters. The number of nitrogens with one attached hydrogen (secondary N) is 1. The Labute approximate surface area is 74.4 Å². The van der Waals surface area contributed by atoms with Gasteiger partial charge in [0.2, 0.25) is 0 Å². The number of hydrogen-bond acceptors (Lipinski definition) is 3. The SMILES string of the molecule is CC(C)CC(C)C1CN=C(N)N1. The molecule has 1 rings (SSSR count). The summed E-state index contributed by atoms with van der Waals surface area (Å²) in [5.41, 5.74) is 5.53. The third-order valence-electron chi connectivity index (χ3n) is 2.32. The second-order valence-electron chi connectivity index (χ2n) is 4.08. The summed E-state index contributed by atoms with van der Waals surface area (Å²) in [7, 11) is 0. The van der Waals surface area contributed by atoms with Crippen molar-refractivity contribution in [2.45, 2.75) is 33.2 Å². The molecule has 0 saturated heterocycles. The molecular formula is C9H19N3. The van der Waals surface area contributed by atoms with Gasteiger partial charge < -0.3 is 11.1 Å². The molecule has 1 aliphatic rings. The van der Waals surface area contributed by atoms with E-state index in [2.05, 4.69) is 31.1 Å². The van der Waals surface area contributed by atoms with Crippen molar-refractivity contribution >= 4 is 5.96 Å². The van der Waals surface area contributed by atoms with Gasteiger partial charge in [-0.25, -0.2) is 0 Å². The van der Waals surface area contributed by atoms with Gasteiger partial charge in [-0.15, -0.1) is 0 Å². The molecule has 0 radical (unpaired) electrons. The number of aliphatic imine (C=N–C) groups is 1. The van der Waals surface area contributed by atoms with E-state index in [9.17, 15) is 0 Å². The first-order valence-electron chi connectivity index (χ1n) is 4.66. The van der Waals surface area contributed by atoms with Crippen LogP contribution in [0.25, 0.3) is 0 Å². The molecule has 0 bridgehead atoms. The van der Waals surface area contributed by atoms with Crippen LogP contribution < -0.4 is 11.1 Å². The zero-order valence-electron chi connectivity index (χ0n) is 8.17. The molecule has 0 aromatic heterocycles. The quantitative estimate of drug-likeness (QED) is 0.661. The average Bonchev–Trinajstić information content (AvgIpc) is 2.34. The van der Waals surface area contributed by atoms with Gasteiger partial charge in [0, 0.05) is 0 Å². The molecule has 0 aromatic carbocycles. The average molecular weight is 169 g/mol. The highest BCUT2D eigenvalue weighted by Crippen LogP contribution is 2.16. The molecule has 0 fully saturated rings. The fraction of sp³-hybridized carbons (Fsp3) is 0.889. The maximum Gasteiger partial charge on any atom is 0.188 e. The van der Waals surface area contributed by atoms with Gasteiger partial charge in [0.1, 0.15) is 0 Å². The van der Waals surface area contributed by atoms with Gasteiger partial charge in [-0.3, -0.25) is 4.99 Å². The van der Waals surface area contributed by atoms with E-state index < -0.39 is 0 Å². The van der Waals surface area contributed by atoms with E-state index in [1.807, 2.05) is 0 Å². The Bertz CT molecular complexity index is 175. The molecule has 0 saturated carbocycles. The van der Waals surface area contributed by atoms with E-state index in [0.29, 0.717) is 17.9 Å². The highest BCUT2D eigenvalue weighted by molar-refractivity contribution is 5.79. The standard InChI is InChI=1S/C9H19N3/c1-6(2)4-7(3)8-5-11-9(10)12-8/h6-8H,4-5H2,1-3H3,(H3,10,11,12). The molecule has 0 amide bonds. The summed E-state index contributed by atoms with van der Waals surface area (Å²) in [6, 6.07) is 0.465. The van der Waals surface area contributed by atoms with Crippen LogP contribution in [0.2, 0.25) is 0 Å². The molecule has 3 N–H and O–H groups in total. The largest absolute Gasteiger partial charge is 0.370 e. The van der Waals surface area contributed by atoms with Gasteiger partial charge in [-0.2, -0.15) is 0 Å². The normalized spacial score (nSPS) is 25.3. The highest BCUT2D eigenvalue weighted by Gasteiger charge is 2.22. The molecular weight excluding hydrogens is 150 g/mol. The Kier molecular flexibility index (Phi) is 2.95. The minimum atomic E-state index is 0.465. The lowest BCUT2D eigenvalue weighted by molar-refractivity contribution is 0.366. The summed E-state index contributed by atoms with van der Waals surface area (Å²) in [5.74, 6) is 2.02. The maximum absolute atomic E-state index is 5.53. The van der Waals surface area contributed by atoms with Crippen LogP contribution in [-0.2, 0) is 0 Å². The molecule has 3 nitrogen and oxygen atoms in total. The van der Waals surface area contributed by atoms with Crippen LogP contribution in [0.5, 0.6) is 0 Å². The number of guanidine groups is 1. The summed E-state index contributed by atoms with van der Waals surface area (Å²) in [6.07, 6.45) is 1.24. The third kappa shape index (κ3) is 2.40. The second kappa shape index (κ2) is 3.78. The van der Waals surface area contributed by atoms with Crippen LogP contribution in [0.4, 0.5) is 0 Å². The highest BCUT2D eigenvalue weighted by atomic mass is 15.2. The minimum absolute atomic E-state index is 0.465. The maximum atomic E-state index is 5.53. The fourth-order valence-electron chi connectivity index (χ4n) is 1.71. The lowest BCUT2D eigenvalue weighted by atomic mass is 9.92. The zero-order chi connectivity index (χ0) is 9.14. The van der Waals surface area contributed by atoms with Gasteiger partial charge in [0.05, 0.1) is 12.6 Å². The fourth-order valence-corrected chi connectivity index (χ4v) is 1.71. The topological polar surface area (TPSA) is 50.4 Å². The summed E-state index contributed by atoms with van der Waals surface area (Å²) < 4.78 is 0. The van der Waals surface area contributed by atoms with Crippen molar-refractivity contribution in [3.8, 4) is 0 Å². The van der Waals surface area contributed by atoms with E-state index in [0.717, 1.165) is 12.5 Å². The Hall–Kier alpha value is -0.730. The molecule has 1 aliphatic heterocycles. The number of nitrogens with zero attached hydrogens (tertiary/aromatic N) is 1. The number of nitrogens with two attached hydrogens (primary N) is 1. The zero-order valence-corrected chi connectivity index (χ0v) is 8.17. The van der Waals surface area contributed by atoms with E-state index >= 15 is 0 Å². The number of rotatable bonds is 3. The van der Waals surface area contributed by atoms with Crippen LogP contribution >= 0.6 is 0 Å². The first-order chi connectivity index (χ1) is 5.59. The minimum Gasteiger partial charge on any atom is -0.370 e. The molecule has 2 atom stereocenters. The molecule has 12 heavy (non-hydrogen) atoms. The van der Waals surface area contributed by atoms with E-state index in [-0.39, 0.29) is 0 Å². The van der Waals surface area contributed by atoms with Crippen LogP contribution in [-0.4, -0.2) is 18.5 Å². The number of hydrogen-bond donors (Lipinski definition) is 2. The van der Waals surface area contributed by atoms with Crippen molar-refractivity contribution in [2.75, 3.05) is 6.54 Å². The molecule has 70 valence electrons. The predicted molar refractivity (Wildman–Crippen MR) is 52.0 cm³/mol. The summed E-state index contributed by atoms with van der Waals surface area (Å²) in [4.78, 5) is 4.13. The van der Waals surface area contributed by atoms with Crippen molar-refractivity contribution in [3.63, 3.8) is 0 Å². The van der Waals surface area contributed by atoms with Gasteiger partial charge in [0.25, 0.3) is 0 Å². The molecule has 0 aromatic rings. The van der Waals surface area contributed by atoms with Crippen molar-refractivity contribution in [1.29, 1.82) is 0 Å². The van der Waals surface area contributed by atoms with E-state index in [4.69, 9.17) is 5.73 Å². The first kappa shape index (κ1) is 9.36. The molecule has 0 aliphatic carbocycles. The van der Waals surface area contributed by atoms with Crippen molar-refractivity contribution < 1.29 is 0 Å². The van der Waals surface area contributed by atoms with Crippen LogP contribution in [0.15, 0.2) is 4.99 Å². The van der Waals surface area contributed by atoms with Crippen molar-refractivity contribution in [3.05, 3.63) is 0 Å². The lowest BCUT2D eigenvalue weighted by Gasteiger charge is -2.20. The summed E-state index contributed by atoms with van der Waals surface area (Å²) in [6.45, 7) is 7.59. The Morgan fingerprint density at radius 2 is 2.25 bits per heavy atom. The van der Waals surface area contributed by atoms with E-state index in [1.54, 1.807) is 0 Å². The Balaban J connectivity index is 2.30. The van der Waals surface area contributed by atoms with Crippen LogP contribution in [0.1, 0.15) is 27.2 Å². The monoisotopic (exact) mass is 169 g/mol.